The van der Waals surface area contributed by atoms with E-state index in [2.05, 4.69) is 29.5 Å². The van der Waals surface area contributed by atoms with Crippen LogP contribution in [0.4, 0.5) is 0 Å². The number of ether oxygens (including phenoxy) is 1. The summed E-state index contributed by atoms with van der Waals surface area (Å²) in [4.78, 5) is 0. The van der Waals surface area contributed by atoms with Crippen LogP contribution in [0.3, 0.4) is 0 Å². The second-order valence-corrected chi connectivity index (χ2v) is 5.05. The Morgan fingerprint density at radius 3 is 2.85 bits per heavy atom. The molecule has 0 spiro atoms. The lowest BCUT2D eigenvalue weighted by Gasteiger charge is -2.14. The van der Waals surface area contributed by atoms with Crippen molar-refractivity contribution in [1.82, 2.24) is 20.3 Å². The zero-order chi connectivity index (χ0) is 14.5. The van der Waals surface area contributed by atoms with Gasteiger partial charge in [-0.2, -0.15) is 0 Å². The van der Waals surface area contributed by atoms with Crippen molar-refractivity contribution in [1.29, 1.82) is 0 Å². The molecular formula is C14H19ClN4O. The average Bonchev–Trinajstić information content (AvgIpc) is 2.83. The summed E-state index contributed by atoms with van der Waals surface area (Å²) < 4.78 is 7.30. The third-order valence-corrected chi connectivity index (χ3v) is 3.29. The Labute approximate surface area is 123 Å². The smallest absolute Gasteiger partial charge is 0.138 e. The Kier molecular flexibility index (Phi) is 4.98. The quantitative estimate of drug-likeness (QED) is 0.890. The van der Waals surface area contributed by atoms with Crippen LogP contribution in [-0.4, -0.2) is 21.5 Å². The molecule has 1 atom stereocenters. The molecule has 1 N–H and O–H groups in total. The minimum atomic E-state index is 0.270. The zero-order valence-corrected chi connectivity index (χ0v) is 12.7. The van der Waals surface area contributed by atoms with E-state index < -0.39 is 0 Å². The average molecular weight is 295 g/mol. The van der Waals surface area contributed by atoms with E-state index in [4.69, 9.17) is 16.3 Å². The fourth-order valence-corrected chi connectivity index (χ4v) is 2.18. The van der Waals surface area contributed by atoms with E-state index in [-0.39, 0.29) is 6.04 Å². The van der Waals surface area contributed by atoms with Gasteiger partial charge in [0.15, 0.2) is 0 Å². The number of hydrogen-bond acceptors (Lipinski definition) is 4. The number of halogens is 1. The molecule has 0 fully saturated rings. The molecule has 0 saturated carbocycles. The van der Waals surface area contributed by atoms with Crippen molar-refractivity contribution in [2.45, 2.75) is 26.5 Å². The predicted octanol–water partition coefficient (Wildman–Crippen LogP) is 2.72. The minimum Gasteiger partial charge on any atom is -0.486 e. The lowest BCUT2D eigenvalue weighted by atomic mass is 10.1. The van der Waals surface area contributed by atoms with Crippen LogP contribution in [-0.2, 0) is 13.7 Å². The highest BCUT2D eigenvalue weighted by atomic mass is 35.5. The Morgan fingerprint density at radius 1 is 1.45 bits per heavy atom. The van der Waals surface area contributed by atoms with Crippen LogP contribution in [0.15, 0.2) is 24.4 Å². The SMILES string of the molecule is CCNC(C)c1ccc(OCc2cn(C)nn2)c(Cl)c1. The van der Waals surface area contributed by atoms with Crippen molar-refractivity contribution < 1.29 is 4.74 Å². The number of aryl methyl sites for hydroxylation is 1. The normalized spacial score (nSPS) is 12.4. The highest BCUT2D eigenvalue weighted by Gasteiger charge is 2.09. The monoisotopic (exact) mass is 294 g/mol. The van der Waals surface area contributed by atoms with Gasteiger partial charge in [0.1, 0.15) is 18.1 Å². The third kappa shape index (κ3) is 3.71. The van der Waals surface area contributed by atoms with E-state index in [1.165, 1.54) is 0 Å². The molecule has 1 aromatic carbocycles. The summed E-state index contributed by atoms with van der Waals surface area (Å²) in [5.74, 6) is 0.657. The Bertz CT molecular complexity index is 570. The first-order valence-electron chi connectivity index (χ1n) is 6.61. The molecule has 0 aliphatic rings. The van der Waals surface area contributed by atoms with Crippen LogP contribution in [0.1, 0.15) is 31.1 Å². The maximum Gasteiger partial charge on any atom is 0.138 e. The van der Waals surface area contributed by atoms with Gasteiger partial charge < -0.3 is 10.1 Å². The highest BCUT2D eigenvalue weighted by Crippen LogP contribution is 2.28. The summed E-state index contributed by atoms with van der Waals surface area (Å²) >= 11 is 6.25. The van der Waals surface area contributed by atoms with Crippen molar-refractivity contribution in [3.8, 4) is 5.75 Å². The molecule has 5 nitrogen and oxygen atoms in total. The summed E-state index contributed by atoms with van der Waals surface area (Å²) in [5, 5.41) is 11.8. The van der Waals surface area contributed by atoms with Crippen LogP contribution >= 0.6 is 11.6 Å². The molecule has 0 bridgehead atoms. The van der Waals surface area contributed by atoms with Gasteiger partial charge in [0, 0.05) is 13.1 Å². The molecule has 0 aliphatic heterocycles. The van der Waals surface area contributed by atoms with E-state index in [1.54, 1.807) is 4.68 Å². The van der Waals surface area contributed by atoms with E-state index in [0.717, 1.165) is 17.8 Å². The molecule has 1 aromatic heterocycles. The molecule has 0 saturated heterocycles. The maximum atomic E-state index is 6.25. The number of benzene rings is 1. The first-order valence-corrected chi connectivity index (χ1v) is 6.98. The van der Waals surface area contributed by atoms with Gasteiger partial charge in [0.25, 0.3) is 0 Å². The summed E-state index contributed by atoms with van der Waals surface area (Å²) in [6, 6.07) is 6.11. The molecule has 0 amide bonds. The van der Waals surface area contributed by atoms with Crippen LogP contribution in [0.2, 0.25) is 5.02 Å². The van der Waals surface area contributed by atoms with Crippen molar-refractivity contribution >= 4 is 11.6 Å². The second kappa shape index (κ2) is 6.72. The first kappa shape index (κ1) is 14.8. The standard InChI is InChI=1S/C14H19ClN4O/c1-4-16-10(2)11-5-6-14(13(15)7-11)20-9-12-8-19(3)18-17-12/h5-8,10,16H,4,9H2,1-3H3. The second-order valence-electron chi connectivity index (χ2n) is 4.64. The summed E-state index contributed by atoms with van der Waals surface area (Å²) in [5.41, 5.74) is 1.91. The molecule has 0 aliphatic carbocycles. The van der Waals surface area contributed by atoms with Crippen LogP contribution in [0.25, 0.3) is 0 Å². The molecule has 2 rings (SSSR count). The van der Waals surface area contributed by atoms with Crippen molar-refractivity contribution in [2.24, 2.45) is 7.05 Å². The largest absolute Gasteiger partial charge is 0.486 e. The molecular weight excluding hydrogens is 276 g/mol. The number of rotatable bonds is 6. The lowest BCUT2D eigenvalue weighted by Crippen LogP contribution is -2.17. The van der Waals surface area contributed by atoms with Gasteiger partial charge in [-0.25, -0.2) is 0 Å². The van der Waals surface area contributed by atoms with E-state index in [0.29, 0.717) is 17.4 Å². The van der Waals surface area contributed by atoms with Gasteiger partial charge in [0.2, 0.25) is 0 Å². The minimum absolute atomic E-state index is 0.270. The Hall–Kier alpha value is -1.59. The van der Waals surface area contributed by atoms with Crippen molar-refractivity contribution in [2.75, 3.05) is 6.54 Å². The van der Waals surface area contributed by atoms with Crippen molar-refractivity contribution in [3.05, 3.63) is 40.7 Å². The van der Waals surface area contributed by atoms with Gasteiger partial charge in [-0.1, -0.05) is 29.8 Å². The van der Waals surface area contributed by atoms with Gasteiger partial charge in [-0.15, -0.1) is 5.10 Å². The molecule has 20 heavy (non-hydrogen) atoms. The van der Waals surface area contributed by atoms with Gasteiger partial charge in [-0.3, -0.25) is 4.68 Å². The fourth-order valence-electron chi connectivity index (χ4n) is 1.94. The summed E-state index contributed by atoms with van der Waals surface area (Å²) in [7, 11) is 1.82. The summed E-state index contributed by atoms with van der Waals surface area (Å²) in [6.45, 7) is 5.46. The van der Waals surface area contributed by atoms with Crippen molar-refractivity contribution in [3.63, 3.8) is 0 Å². The number of aromatic nitrogens is 3. The van der Waals surface area contributed by atoms with Gasteiger partial charge >= 0.3 is 0 Å². The van der Waals surface area contributed by atoms with Crippen LogP contribution in [0, 0.1) is 0 Å². The number of nitrogens with one attached hydrogen (secondary N) is 1. The van der Waals surface area contributed by atoms with E-state index in [9.17, 15) is 0 Å². The molecule has 1 unspecified atom stereocenters. The topological polar surface area (TPSA) is 52.0 Å². The van der Waals surface area contributed by atoms with E-state index >= 15 is 0 Å². The van der Waals surface area contributed by atoms with E-state index in [1.807, 2.05) is 31.4 Å². The molecule has 108 valence electrons. The van der Waals surface area contributed by atoms with Gasteiger partial charge in [0.05, 0.1) is 11.2 Å². The molecule has 6 heteroatoms. The predicted molar refractivity (Wildman–Crippen MR) is 78.9 cm³/mol. The zero-order valence-electron chi connectivity index (χ0n) is 11.9. The lowest BCUT2D eigenvalue weighted by molar-refractivity contribution is 0.301. The molecule has 2 aromatic rings. The third-order valence-electron chi connectivity index (χ3n) is 2.99. The Balaban J connectivity index is 2.02. The summed E-state index contributed by atoms with van der Waals surface area (Å²) in [6.07, 6.45) is 1.81. The highest BCUT2D eigenvalue weighted by molar-refractivity contribution is 6.32. The van der Waals surface area contributed by atoms with Crippen LogP contribution in [0.5, 0.6) is 5.75 Å². The first-order chi connectivity index (χ1) is 9.60. The number of hydrogen-bond donors (Lipinski definition) is 1. The van der Waals surface area contributed by atoms with Gasteiger partial charge in [-0.05, 0) is 31.2 Å². The molecule has 0 radical (unpaired) electrons. The van der Waals surface area contributed by atoms with Crippen LogP contribution < -0.4 is 10.1 Å². The Morgan fingerprint density at radius 2 is 2.25 bits per heavy atom. The maximum absolute atomic E-state index is 6.25. The molecule has 1 heterocycles. The number of nitrogens with zero attached hydrogens (tertiary/aromatic N) is 3. The fraction of sp³-hybridized carbons (Fsp3) is 0.429.